The van der Waals surface area contributed by atoms with Crippen molar-refractivity contribution < 1.29 is 0 Å². The second-order valence-electron chi connectivity index (χ2n) is 6.56. The van der Waals surface area contributed by atoms with Gasteiger partial charge in [-0.1, -0.05) is 53.5 Å². The molecule has 0 aliphatic heterocycles. The molecule has 4 aromatic rings. The molecule has 0 aliphatic carbocycles. The van der Waals surface area contributed by atoms with Crippen LogP contribution in [-0.2, 0) is 0 Å². The minimum absolute atomic E-state index is 0.179. The van der Waals surface area contributed by atoms with Gasteiger partial charge in [-0.15, -0.1) is 0 Å². The highest BCUT2D eigenvalue weighted by Crippen LogP contribution is 2.26. The molecule has 0 fully saturated rings. The third kappa shape index (κ3) is 4.10. The predicted octanol–water partition coefficient (Wildman–Crippen LogP) is 6.78. The van der Waals surface area contributed by atoms with Crippen molar-refractivity contribution in [2.75, 3.05) is 0 Å². The number of nitrogens with zero attached hydrogens (tertiary/aromatic N) is 2. The summed E-state index contributed by atoms with van der Waals surface area (Å²) in [4.78, 5) is 18.2. The lowest BCUT2D eigenvalue weighted by Crippen LogP contribution is -2.22. The molecule has 29 heavy (non-hydrogen) atoms. The first-order chi connectivity index (χ1) is 13.9. The van der Waals surface area contributed by atoms with Crippen LogP contribution in [-0.4, -0.2) is 9.55 Å². The highest BCUT2D eigenvalue weighted by atomic mass is 127. The van der Waals surface area contributed by atoms with Crippen LogP contribution in [0.4, 0.5) is 0 Å². The monoisotopic (exact) mass is 532 g/mol. The molecule has 4 rings (SSSR count). The van der Waals surface area contributed by atoms with Crippen LogP contribution < -0.4 is 5.56 Å². The van der Waals surface area contributed by atoms with Gasteiger partial charge in [-0.25, -0.2) is 4.98 Å². The largest absolute Gasteiger partial charge is 0.268 e. The zero-order valence-corrected chi connectivity index (χ0v) is 19.0. The van der Waals surface area contributed by atoms with Gasteiger partial charge in [-0.3, -0.25) is 9.36 Å². The van der Waals surface area contributed by atoms with Crippen LogP contribution in [0.25, 0.3) is 28.7 Å². The Morgan fingerprint density at radius 1 is 1.00 bits per heavy atom. The molecular weight excluding hydrogens is 518 g/mol. The van der Waals surface area contributed by atoms with E-state index in [1.54, 1.807) is 18.2 Å². The molecule has 0 spiro atoms. The van der Waals surface area contributed by atoms with Crippen LogP contribution in [0.15, 0.2) is 65.5 Å². The van der Waals surface area contributed by atoms with E-state index in [2.05, 4.69) is 22.6 Å². The minimum atomic E-state index is -0.179. The first-order valence-electron chi connectivity index (χ1n) is 8.85. The number of hydrogen-bond donors (Lipinski definition) is 0. The van der Waals surface area contributed by atoms with Crippen molar-refractivity contribution in [3.8, 4) is 5.69 Å². The molecule has 0 aliphatic rings. The van der Waals surface area contributed by atoms with Crippen LogP contribution >= 0.6 is 45.8 Å². The first-order valence-corrected chi connectivity index (χ1v) is 10.7. The molecule has 0 amide bonds. The van der Waals surface area contributed by atoms with Crippen molar-refractivity contribution in [2.45, 2.75) is 6.92 Å². The van der Waals surface area contributed by atoms with Crippen LogP contribution in [0.2, 0.25) is 10.0 Å². The number of aryl methyl sites for hydroxylation is 1. The van der Waals surface area contributed by atoms with Gasteiger partial charge in [-0.05, 0) is 83.1 Å². The molecule has 0 atom stereocenters. The maximum absolute atomic E-state index is 13.4. The average Bonchev–Trinajstić information content (AvgIpc) is 2.69. The van der Waals surface area contributed by atoms with E-state index in [9.17, 15) is 4.79 Å². The molecule has 0 unspecified atom stereocenters. The van der Waals surface area contributed by atoms with Gasteiger partial charge in [0.15, 0.2) is 0 Å². The third-order valence-corrected chi connectivity index (χ3v) is 5.82. The molecule has 0 saturated carbocycles. The van der Waals surface area contributed by atoms with Gasteiger partial charge in [-0.2, -0.15) is 0 Å². The second kappa shape index (κ2) is 8.30. The number of aromatic nitrogens is 2. The Labute approximate surface area is 191 Å². The average molecular weight is 533 g/mol. The van der Waals surface area contributed by atoms with Crippen LogP contribution in [0.3, 0.4) is 0 Å². The Hall–Kier alpha value is -2.15. The topological polar surface area (TPSA) is 34.9 Å². The zero-order chi connectivity index (χ0) is 20.5. The summed E-state index contributed by atoms with van der Waals surface area (Å²) in [5, 5.41) is 1.43. The van der Waals surface area contributed by atoms with E-state index < -0.39 is 0 Å². The van der Waals surface area contributed by atoms with Gasteiger partial charge < -0.3 is 0 Å². The Balaban J connectivity index is 2.00. The number of fused-ring (bicyclic) bond motifs is 1. The Kier molecular flexibility index (Phi) is 5.76. The Bertz CT molecular complexity index is 1330. The van der Waals surface area contributed by atoms with Gasteiger partial charge in [0.2, 0.25) is 0 Å². The second-order valence-corrected chi connectivity index (χ2v) is 8.65. The Morgan fingerprint density at radius 2 is 1.79 bits per heavy atom. The molecule has 144 valence electrons. The highest BCUT2D eigenvalue weighted by Gasteiger charge is 2.14. The van der Waals surface area contributed by atoms with Crippen molar-refractivity contribution in [3.63, 3.8) is 0 Å². The standard InChI is InChI=1S/C23H15Cl2IN2O/c1-14-4-2-3-5-15(14)6-11-22-27-20-9-8-17(26)13-18(20)23(29)28(22)21-10-7-16(24)12-19(21)25/h2-13H,1H3. The summed E-state index contributed by atoms with van der Waals surface area (Å²) >= 11 is 14.7. The van der Waals surface area contributed by atoms with E-state index in [0.717, 1.165) is 14.7 Å². The lowest BCUT2D eigenvalue weighted by Gasteiger charge is -2.13. The quantitative estimate of drug-likeness (QED) is 0.273. The van der Waals surface area contributed by atoms with Crippen LogP contribution in [0, 0.1) is 10.5 Å². The molecule has 3 aromatic carbocycles. The smallest absolute Gasteiger partial charge is 0.266 e. The lowest BCUT2D eigenvalue weighted by molar-refractivity contribution is 0.944. The number of halogens is 3. The molecule has 6 heteroatoms. The lowest BCUT2D eigenvalue weighted by atomic mass is 10.1. The van der Waals surface area contributed by atoms with Crippen molar-refractivity contribution in [3.05, 3.63) is 102 Å². The fourth-order valence-corrected chi connectivity index (χ4v) is 4.10. The van der Waals surface area contributed by atoms with Gasteiger partial charge >= 0.3 is 0 Å². The fraction of sp³-hybridized carbons (Fsp3) is 0.0435. The van der Waals surface area contributed by atoms with Crippen molar-refractivity contribution in [1.29, 1.82) is 0 Å². The number of hydrogen-bond acceptors (Lipinski definition) is 2. The van der Waals surface area contributed by atoms with E-state index >= 15 is 0 Å². The van der Waals surface area contributed by atoms with E-state index in [-0.39, 0.29) is 5.56 Å². The maximum Gasteiger partial charge on any atom is 0.266 e. The van der Waals surface area contributed by atoms with Crippen LogP contribution in [0.5, 0.6) is 0 Å². The normalized spacial score (nSPS) is 11.4. The summed E-state index contributed by atoms with van der Waals surface area (Å²) in [5.74, 6) is 0.496. The van der Waals surface area contributed by atoms with E-state index in [1.165, 1.54) is 4.57 Å². The minimum Gasteiger partial charge on any atom is -0.268 e. The Morgan fingerprint density at radius 3 is 2.55 bits per heavy atom. The van der Waals surface area contributed by atoms with Gasteiger partial charge in [0.05, 0.1) is 21.6 Å². The van der Waals surface area contributed by atoms with E-state index in [4.69, 9.17) is 28.2 Å². The maximum atomic E-state index is 13.4. The molecule has 3 nitrogen and oxygen atoms in total. The van der Waals surface area contributed by atoms with Crippen molar-refractivity contribution in [2.24, 2.45) is 0 Å². The summed E-state index contributed by atoms with van der Waals surface area (Å²) in [6.07, 6.45) is 3.79. The highest BCUT2D eigenvalue weighted by molar-refractivity contribution is 14.1. The van der Waals surface area contributed by atoms with Crippen molar-refractivity contribution in [1.82, 2.24) is 9.55 Å². The molecule has 0 radical (unpaired) electrons. The molecule has 0 N–H and O–H groups in total. The summed E-state index contributed by atoms with van der Waals surface area (Å²) < 4.78 is 2.50. The first kappa shape index (κ1) is 20.1. The molecule has 0 bridgehead atoms. The number of rotatable bonds is 3. The zero-order valence-electron chi connectivity index (χ0n) is 15.4. The summed E-state index contributed by atoms with van der Waals surface area (Å²) in [5.41, 5.74) is 3.19. The SMILES string of the molecule is Cc1ccccc1C=Cc1nc2ccc(I)cc2c(=O)n1-c1ccc(Cl)cc1Cl. The van der Waals surface area contributed by atoms with Gasteiger partial charge in [0, 0.05) is 8.59 Å². The summed E-state index contributed by atoms with van der Waals surface area (Å²) in [6, 6.07) is 18.7. The number of benzene rings is 3. The summed E-state index contributed by atoms with van der Waals surface area (Å²) in [7, 11) is 0. The molecule has 0 saturated heterocycles. The predicted molar refractivity (Wildman–Crippen MR) is 130 cm³/mol. The van der Waals surface area contributed by atoms with E-state index in [0.29, 0.717) is 32.5 Å². The van der Waals surface area contributed by atoms with Crippen LogP contribution in [0.1, 0.15) is 17.0 Å². The van der Waals surface area contributed by atoms with Gasteiger partial charge in [0.1, 0.15) is 5.82 Å². The molecule has 1 aromatic heterocycles. The molecular formula is C23H15Cl2IN2O. The fourth-order valence-electron chi connectivity index (χ4n) is 3.12. The summed E-state index contributed by atoms with van der Waals surface area (Å²) in [6.45, 7) is 2.04. The molecule has 1 heterocycles. The van der Waals surface area contributed by atoms with Crippen molar-refractivity contribution >= 4 is 68.8 Å². The third-order valence-electron chi connectivity index (χ3n) is 4.61. The van der Waals surface area contributed by atoms with E-state index in [1.807, 2.05) is 61.5 Å². The van der Waals surface area contributed by atoms with Gasteiger partial charge in [0.25, 0.3) is 5.56 Å².